The Labute approximate surface area is 135 Å². The summed E-state index contributed by atoms with van der Waals surface area (Å²) in [4.78, 5) is 10.7. The largest absolute Gasteiger partial charge is 0.378 e. The first-order valence-electron chi connectivity index (χ1n) is 7.83. The van der Waals surface area contributed by atoms with Crippen LogP contribution in [-0.4, -0.2) is 42.8 Å². The van der Waals surface area contributed by atoms with Gasteiger partial charge in [0.1, 0.15) is 11.6 Å². The van der Waals surface area contributed by atoms with Gasteiger partial charge >= 0.3 is 0 Å². The molecule has 2 heterocycles. The molecule has 1 aliphatic rings. The molecule has 0 aliphatic carbocycles. The number of nitrogens with two attached hydrogens (primary N) is 1. The lowest BCUT2D eigenvalue weighted by atomic mass is 10.2. The highest BCUT2D eigenvalue weighted by Gasteiger charge is 2.11. The Bertz CT molecular complexity index is 640. The van der Waals surface area contributed by atoms with Gasteiger partial charge in [-0.2, -0.15) is 9.97 Å². The highest BCUT2D eigenvalue weighted by atomic mass is 16.5. The summed E-state index contributed by atoms with van der Waals surface area (Å²) in [5, 5.41) is 6.40. The molecule has 0 bridgehead atoms. The van der Waals surface area contributed by atoms with E-state index < -0.39 is 0 Å². The number of anilines is 5. The van der Waals surface area contributed by atoms with Gasteiger partial charge in [-0.3, -0.25) is 0 Å². The van der Waals surface area contributed by atoms with E-state index in [9.17, 15) is 0 Å². The van der Waals surface area contributed by atoms with Crippen molar-refractivity contribution in [3.63, 3.8) is 0 Å². The Morgan fingerprint density at radius 2 is 1.83 bits per heavy atom. The molecule has 3 rings (SSSR count). The van der Waals surface area contributed by atoms with E-state index in [0.29, 0.717) is 11.6 Å². The van der Waals surface area contributed by atoms with Crippen LogP contribution in [-0.2, 0) is 4.74 Å². The Kier molecular flexibility index (Phi) is 4.77. The van der Waals surface area contributed by atoms with E-state index in [1.807, 2.05) is 25.1 Å². The monoisotopic (exact) mass is 314 g/mol. The first kappa shape index (κ1) is 15.4. The average molecular weight is 314 g/mol. The molecule has 122 valence electrons. The van der Waals surface area contributed by atoms with Crippen molar-refractivity contribution in [2.45, 2.75) is 6.92 Å². The molecular formula is C16H22N6O. The van der Waals surface area contributed by atoms with Gasteiger partial charge in [0, 0.05) is 37.1 Å². The fraction of sp³-hybridized carbons (Fsp3) is 0.375. The van der Waals surface area contributed by atoms with Gasteiger partial charge in [-0.05, 0) is 31.2 Å². The van der Waals surface area contributed by atoms with Crippen LogP contribution in [0.4, 0.5) is 29.0 Å². The zero-order valence-corrected chi connectivity index (χ0v) is 13.2. The third kappa shape index (κ3) is 4.01. The van der Waals surface area contributed by atoms with Gasteiger partial charge in [0.25, 0.3) is 0 Å². The zero-order chi connectivity index (χ0) is 16.1. The number of nitrogens with one attached hydrogen (secondary N) is 2. The summed E-state index contributed by atoms with van der Waals surface area (Å²) in [6, 6.07) is 10.1. The van der Waals surface area contributed by atoms with E-state index in [2.05, 4.69) is 37.6 Å². The summed E-state index contributed by atoms with van der Waals surface area (Å²) in [5.74, 6) is 1.64. The van der Waals surface area contributed by atoms with Crippen LogP contribution >= 0.6 is 0 Å². The van der Waals surface area contributed by atoms with Gasteiger partial charge in [0.15, 0.2) is 0 Å². The molecular weight excluding hydrogens is 292 g/mol. The molecule has 7 heteroatoms. The minimum atomic E-state index is 0.246. The van der Waals surface area contributed by atoms with Crippen LogP contribution in [0.5, 0.6) is 0 Å². The number of hydrogen-bond donors (Lipinski definition) is 3. The molecule has 2 aromatic rings. The fourth-order valence-corrected chi connectivity index (χ4v) is 2.53. The summed E-state index contributed by atoms with van der Waals surface area (Å²) in [6.07, 6.45) is 0. The SMILES string of the molecule is CCNc1cc(Nc2ccc(N3CCOCC3)cc2)nc(N)n1. The number of ether oxygens (including phenoxy) is 1. The van der Waals surface area contributed by atoms with Crippen LogP contribution in [0.3, 0.4) is 0 Å². The number of rotatable bonds is 5. The van der Waals surface area contributed by atoms with Crippen molar-refractivity contribution in [3.05, 3.63) is 30.3 Å². The van der Waals surface area contributed by atoms with Crippen LogP contribution in [0.15, 0.2) is 30.3 Å². The second-order valence-corrected chi connectivity index (χ2v) is 5.30. The maximum absolute atomic E-state index is 5.74. The molecule has 1 saturated heterocycles. The molecule has 7 nitrogen and oxygen atoms in total. The van der Waals surface area contributed by atoms with Gasteiger partial charge in [-0.1, -0.05) is 0 Å². The Balaban J connectivity index is 1.70. The number of benzene rings is 1. The summed E-state index contributed by atoms with van der Waals surface area (Å²) in [6.45, 7) is 6.23. The zero-order valence-electron chi connectivity index (χ0n) is 13.2. The fourth-order valence-electron chi connectivity index (χ4n) is 2.53. The van der Waals surface area contributed by atoms with Gasteiger partial charge in [-0.15, -0.1) is 0 Å². The maximum atomic E-state index is 5.74. The molecule has 0 amide bonds. The van der Waals surface area contributed by atoms with Crippen LogP contribution in [0.25, 0.3) is 0 Å². The van der Waals surface area contributed by atoms with Crippen molar-refractivity contribution in [1.29, 1.82) is 0 Å². The molecule has 0 atom stereocenters. The van der Waals surface area contributed by atoms with E-state index in [1.165, 1.54) is 5.69 Å². The molecule has 1 aromatic heterocycles. The molecule has 0 unspecified atom stereocenters. The second-order valence-electron chi connectivity index (χ2n) is 5.30. The van der Waals surface area contributed by atoms with E-state index >= 15 is 0 Å². The molecule has 4 N–H and O–H groups in total. The van der Waals surface area contributed by atoms with E-state index in [4.69, 9.17) is 10.5 Å². The Morgan fingerprint density at radius 3 is 2.52 bits per heavy atom. The molecule has 1 aromatic carbocycles. The predicted molar refractivity (Wildman–Crippen MR) is 93.4 cm³/mol. The Morgan fingerprint density at radius 1 is 1.13 bits per heavy atom. The number of nitrogen functional groups attached to an aromatic ring is 1. The standard InChI is InChI=1S/C16H22N6O/c1-2-18-14-11-15(21-16(17)20-14)19-12-3-5-13(6-4-12)22-7-9-23-10-8-22/h3-6,11H,2,7-10H2,1H3,(H4,17,18,19,20,21). The lowest BCUT2D eigenvalue weighted by molar-refractivity contribution is 0.122. The summed E-state index contributed by atoms with van der Waals surface area (Å²) < 4.78 is 5.38. The quantitative estimate of drug-likeness (QED) is 0.778. The number of hydrogen-bond acceptors (Lipinski definition) is 7. The minimum Gasteiger partial charge on any atom is -0.378 e. The van der Waals surface area contributed by atoms with Gasteiger partial charge in [-0.25, -0.2) is 0 Å². The van der Waals surface area contributed by atoms with Crippen molar-refractivity contribution in [1.82, 2.24) is 9.97 Å². The van der Waals surface area contributed by atoms with E-state index in [-0.39, 0.29) is 5.95 Å². The molecule has 0 saturated carbocycles. The predicted octanol–water partition coefficient (Wildman–Crippen LogP) is 2.07. The van der Waals surface area contributed by atoms with Crippen LogP contribution in [0.1, 0.15) is 6.92 Å². The van der Waals surface area contributed by atoms with Crippen molar-refractivity contribution >= 4 is 29.0 Å². The number of nitrogens with zero attached hydrogens (tertiary/aromatic N) is 3. The third-order valence-electron chi connectivity index (χ3n) is 3.62. The lowest BCUT2D eigenvalue weighted by Gasteiger charge is -2.28. The van der Waals surface area contributed by atoms with Crippen molar-refractivity contribution in [3.8, 4) is 0 Å². The summed E-state index contributed by atoms with van der Waals surface area (Å²) in [5.41, 5.74) is 7.91. The first-order chi connectivity index (χ1) is 11.2. The smallest absolute Gasteiger partial charge is 0.223 e. The molecule has 0 radical (unpaired) electrons. The Hall–Kier alpha value is -2.54. The molecule has 23 heavy (non-hydrogen) atoms. The topological polar surface area (TPSA) is 88.3 Å². The first-order valence-corrected chi connectivity index (χ1v) is 7.83. The molecule has 1 aliphatic heterocycles. The van der Waals surface area contributed by atoms with E-state index in [0.717, 1.165) is 38.5 Å². The molecule has 1 fully saturated rings. The lowest BCUT2D eigenvalue weighted by Crippen LogP contribution is -2.36. The summed E-state index contributed by atoms with van der Waals surface area (Å²) in [7, 11) is 0. The second kappa shape index (κ2) is 7.15. The summed E-state index contributed by atoms with van der Waals surface area (Å²) >= 11 is 0. The number of aromatic nitrogens is 2. The van der Waals surface area contributed by atoms with E-state index in [1.54, 1.807) is 0 Å². The van der Waals surface area contributed by atoms with Crippen LogP contribution in [0.2, 0.25) is 0 Å². The van der Waals surface area contributed by atoms with Crippen LogP contribution in [0, 0.1) is 0 Å². The minimum absolute atomic E-state index is 0.246. The van der Waals surface area contributed by atoms with Crippen molar-refractivity contribution in [2.75, 3.05) is 54.1 Å². The third-order valence-corrected chi connectivity index (χ3v) is 3.62. The normalized spacial score (nSPS) is 14.6. The number of morpholine rings is 1. The highest BCUT2D eigenvalue weighted by Crippen LogP contribution is 2.22. The van der Waals surface area contributed by atoms with Crippen LogP contribution < -0.4 is 21.3 Å². The van der Waals surface area contributed by atoms with Crippen molar-refractivity contribution in [2.24, 2.45) is 0 Å². The van der Waals surface area contributed by atoms with Crippen molar-refractivity contribution < 1.29 is 4.74 Å². The average Bonchev–Trinajstić information content (AvgIpc) is 2.56. The van der Waals surface area contributed by atoms with Gasteiger partial charge < -0.3 is 26.0 Å². The van der Waals surface area contributed by atoms with Gasteiger partial charge in [0.05, 0.1) is 13.2 Å². The maximum Gasteiger partial charge on any atom is 0.223 e. The van der Waals surface area contributed by atoms with Gasteiger partial charge in [0.2, 0.25) is 5.95 Å². The highest BCUT2D eigenvalue weighted by molar-refractivity contribution is 5.63. The molecule has 0 spiro atoms.